The second-order valence-electron chi connectivity index (χ2n) is 0.644. The molecule has 0 amide bonds. The highest BCUT2D eigenvalue weighted by Gasteiger charge is 1.47. The molecule has 0 fully saturated rings. The van der Waals surface area contributed by atoms with E-state index in [1.165, 1.54) is 0 Å². The van der Waals surface area contributed by atoms with E-state index in [0.717, 1.165) is 0 Å². The Bertz CT molecular complexity index is 102. The molecular formula is C3H6O10-4. The van der Waals surface area contributed by atoms with Crippen molar-refractivity contribution >= 4 is 19.1 Å². The normalized spacial score (nSPS) is 5.08. The third kappa shape index (κ3) is 81500. The fraction of sp³-hybridized carbons (Fsp3) is 0. The van der Waals surface area contributed by atoms with Crippen molar-refractivity contribution in [2.75, 3.05) is 0 Å². The molecule has 0 aromatic rings. The van der Waals surface area contributed by atoms with Crippen LogP contribution in [0.1, 0.15) is 1.43 Å². The summed E-state index contributed by atoms with van der Waals surface area (Å²) >= 11 is 0. The second-order valence-corrected chi connectivity index (χ2v) is 0.644. The first-order valence-electron chi connectivity index (χ1n) is 1.90. The number of carboxylic acid groups (broad SMARTS) is 2. The molecule has 0 aromatic heterocycles. The molecule has 0 atom stereocenters. The fourth-order valence-electron chi connectivity index (χ4n) is 0. The van der Waals surface area contributed by atoms with Crippen LogP contribution < -0.4 is 15.5 Å². The van der Waals surface area contributed by atoms with Crippen molar-refractivity contribution in [3.63, 3.8) is 0 Å². The lowest BCUT2D eigenvalue weighted by Crippen LogP contribution is -2.37. The molecule has 0 spiro atoms. The lowest BCUT2D eigenvalue weighted by Gasteiger charge is -1.96. The van der Waals surface area contributed by atoms with Crippen LogP contribution >= 0.6 is 0 Å². The molecule has 2 N–H and O–H groups in total. The zero-order valence-corrected chi connectivity index (χ0v) is 5.82. The van der Waals surface area contributed by atoms with Gasteiger partial charge in [0.15, 0.2) is 0 Å². The predicted molar refractivity (Wildman–Crippen MR) is 26.4 cm³/mol. The molecule has 0 bridgehead atoms. The van der Waals surface area contributed by atoms with Crippen molar-refractivity contribution in [3.05, 3.63) is 0 Å². The summed E-state index contributed by atoms with van der Waals surface area (Å²) in [5.74, 6) is 0. The van der Waals surface area contributed by atoms with Gasteiger partial charge in [-0.2, -0.15) is 0 Å². The molecule has 0 radical (unpaired) electrons. The van der Waals surface area contributed by atoms with Crippen LogP contribution in [0.5, 0.6) is 0 Å². The Kier molecular flexibility index (Phi) is 55.6. The average molecular weight is 202 g/mol. The molecule has 10 heteroatoms. The lowest BCUT2D eigenvalue weighted by molar-refractivity contribution is -0.652. The first-order chi connectivity index (χ1) is 5.56. The van der Waals surface area contributed by atoms with E-state index in [1.54, 1.807) is 0 Å². The van der Waals surface area contributed by atoms with Gasteiger partial charge in [-0.1, -0.05) is 0 Å². The van der Waals surface area contributed by atoms with Gasteiger partial charge in [-0.15, -0.1) is 0 Å². The Morgan fingerprint density at radius 2 is 1.46 bits per heavy atom. The summed E-state index contributed by atoms with van der Waals surface area (Å²) in [6.45, 7) is -0.250. The molecule has 0 rings (SSSR count). The predicted octanol–water partition coefficient (Wildman–Crippen LogP) is -4.31. The van der Waals surface area contributed by atoms with E-state index in [-0.39, 0.29) is 19.8 Å². The summed E-state index contributed by atoms with van der Waals surface area (Å²) in [5, 5.41) is 32.1. The van der Waals surface area contributed by atoms with E-state index in [9.17, 15) is 0 Å². The van der Waals surface area contributed by atoms with Crippen LogP contribution in [0, 0.1) is 0 Å². The van der Waals surface area contributed by atoms with Gasteiger partial charge >= 0.3 is 6.47 Å². The van der Waals surface area contributed by atoms with Crippen LogP contribution in [0.15, 0.2) is 0 Å². The van der Waals surface area contributed by atoms with E-state index in [1.807, 2.05) is 0 Å². The molecule has 0 unspecified atom stereocenters. The maximum Gasteiger partial charge on any atom is 0.330 e. The highest BCUT2D eigenvalue weighted by Crippen LogP contribution is 1.33. The summed E-state index contributed by atoms with van der Waals surface area (Å²) in [7, 11) is 0. The van der Waals surface area contributed by atoms with E-state index in [2.05, 4.69) is 9.78 Å². The summed E-state index contributed by atoms with van der Waals surface area (Å²) in [5.41, 5.74) is 0. The third-order valence-corrected chi connectivity index (χ3v) is 0.0823. The Morgan fingerprint density at radius 1 is 1.31 bits per heavy atom. The van der Waals surface area contributed by atoms with Crippen LogP contribution in [0.3, 0.4) is 0 Å². The van der Waals surface area contributed by atoms with Gasteiger partial charge in [-0.25, -0.2) is 5.26 Å². The van der Waals surface area contributed by atoms with E-state index >= 15 is 0 Å². The third-order valence-electron chi connectivity index (χ3n) is 0.0823. The number of hydrogen-bond donors (Lipinski definition) is 1. The van der Waals surface area contributed by atoms with Gasteiger partial charge in [0.05, 0.1) is 0 Å². The van der Waals surface area contributed by atoms with Crippen molar-refractivity contribution in [1.82, 2.24) is 0 Å². The molecule has 0 aromatic carbocycles. The van der Waals surface area contributed by atoms with Crippen molar-refractivity contribution < 1.29 is 51.8 Å². The van der Waals surface area contributed by atoms with Crippen molar-refractivity contribution in [3.8, 4) is 0 Å². The minimum Gasteiger partial charge on any atom is -0.870 e. The largest absolute Gasteiger partial charge is 0.870 e. The van der Waals surface area contributed by atoms with Gasteiger partial charge in [-0.3, -0.25) is 9.59 Å². The fourth-order valence-corrected chi connectivity index (χ4v) is 0. The Hall–Kier alpha value is -1.91. The smallest absolute Gasteiger partial charge is 0.330 e. The molecule has 0 saturated heterocycles. The summed E-state index contributed by atoms with van der Waals surface area (Å²) in [4.78, 5) is 31.1. The molecule has 0 saturated carbocycles. The Labute approximate surface area is 72.2 Å². The second kappa shape index (κ2) is 32.2. The Balaban J connectivity index is -0.0000000270. The number of carbonyl (C=O) groups excluding carboxylic acids is 3. The van der Waals surface area contributed by atoms with Crippen LogP contribution in [0.2, 0.25) is 0 Å². The highest BCUT2D eigenvalue weighted by molar-refractivity contribution is 5.47. The van der Waals surface area contributed by atoms with Gasteiger partial charge in [0, 0.05) is 1.43 Å². The monoisotopic (exact) mass is 202 g/mol. The molecule has 13 heavy (non-hydrogen) atoms. The van der Waals surface area contributed by atoms with Crippen molar-refractivity contribution in [2.45, 2.75) is 0 Å². The summed E-state index contributed by atoms with van der Waals surface area (Å²) in [6.07, 6.45) is -2.33. The van der Waals surface area contributed by atoms with Gasteiger partial charge in [0.1, 0.15) is 0 Å². The van der Waals surface area contributed by atoms with Crippen LogP contribution in [0.25, 0.3) is 0 Å². The van der Waals surface area contributed by atoms with E-state index in [4.69, 9.17) is 35.1 Å². The van der Waals surface area contributed by atoms with Gasteiger partial charge in [0.25, 0.3) is 6.47 Å². The summed E-state index contributed by atoms with van der Waals surface area (Å²) in [6, 6.07) is 0. The lowest BCUT2D eigenvalue weighted by atomic mass is 11.5. The van der Waals surface area contributed by atoms with Crippen molar-refractivity contribution in [2.24, 2.45) is 0 Å². The van der Waals surface area contributed by atoms with Gasteiger partial charge in [-0.05, 0) is 6.16 Å². The topological polar surface area (TPSA) is 189 Å². The van der Waals surface area contributed by atoms with E-state index < -0.39 is 6.16 Å². The molecule has 10 nitrogen and oxygen atoms in total. The van der Waals surface area contributed by atoms with Gasteiger partial charge < -0.3 is 35.5 Å². The molecule has 0 aliphatic heterocycles. The van der Waals surface area contributed by atoms with Crippen LogP contribution in [-0.2, 0) is 19.4 Å². The maximum absolute atomic E-state index is 8.70. The quantitative estimate of drug-likeness (QED) is 0.260. The maximum atomic E-state index is 8.70. The van der Waals surface area contributed by atoms with Crippen molar-refractivity contribution in [1.29, 1.82) is 0 Å². The first kappa shape index (κ1) is 22.5. The number of carbonyl (C=O) groups is 3. The first-order valence-corrected chi connectivity index (χ1v) is 1.90. The zero-order valence-electron chi connectivity index (χ0n) is 5.82. The summed E-state index contributed by atoms with van der Waals surface area (Å²) < 4.78 is 0. The standard InChI is InChI=1S/3CH2O3.H2O.H2/c2*2-1-4-3;2-1(3)4;;/h2*1,3H;(H2,2,3,4);1H2;1H/p-4. The van der Waals surface area contributed by atoms with E-state index in [0.29, 0.717) is 0 Å². The highest BCUT2D eigenvalue weighted by atomic mass is 17.1. The molecule has 0 heterocycles. The minimum absolute atomic E-state index is 0. The number of rotatable bonds is 2. The zero-order chi connectivity index (χ0) is 10.4. The van der Waals surface area contributed by atoms with Crippen LogP contribution in [0.4, 0.5) is 4.79 Å². The van der Waals surface area contributed by atoms with Gasteiger partial charge in [0.2, 0.25) is 0 Å². The minimum atomic E-state index is -2.33. The average Bonchev–Trinajstić information content (AvgIpc) is 2.03. The molecular weight excluding hydrogens is 196 g/mol. The molecule has 0 aliphatic rings. The Morgan fingerprint density at radius 3 is 1.46 bits per heavy atom. The number of hydrogen-bond acceptors (Lipinski definition) is 10. The van der Waals surface area contributed by atoms with Crippen LogP contribution in [-0.4, -0.2) is 29.8 Å². The molecule has 82 valence electrons. The molecule has 0 aliphatic carbocycles. The SMILES string of the molecule is O=C([O-])[O-].O=COO.O=CO[O-].[HH].[OH-].